The number of allylic oxidation sites excluding steroid dienone is 4. The van der Waals surface area contributed by atoms with Crippen molar-refractivity contribution >= 4 is 5.97 Å². The molecule has 1 N–H and O–H groups in total. The van der Waals surface area contributed by atoms with Crippen molar-refractivity contribution in [2.24, 2.45) is 5.92 Å². The number of carboxylic acid groups (broad SMARTS) is 1. The van der Waals surface area contributed by atoms with Gasteiger partial charge in [0.2, 0.25) is 0 Å². The highest BCUT2D eigenvalue weighted by atomic mass is 16.4. The Morgan fingerprint density at radius 2 is 2.18 bits per heavy atom. The van der Waals surface area contributed by atoms with Crippen molar-refractivity contribution in [1.29, 1.82) is 0 Å². The summed E-state index contributed by atoms with van der Waals surface area (Å²) in [6, 6.07) is 0. The van der Waals surface area contributed by atoms with E-state index in [0.717, 1.165) is 0 Å². The Morgan fingerprint density at radius 3 is 2.64 bits per heavy atom. The van der Waals surface area contributed by atoms with Crippen LogP contribution in [0.5, 0.6) is 0 Å². The van der Waals surface area contributed by atoms with Crippen LogP contribution in [0.4, 0.5) is 0 Å². The molecular weight excluding hydrogens is 140 g/mol. The molecule has 0 heterocycles. The molecule has 0 aromatic heterocycles. The van der Waals surface area contributed by atoms with Gasteiger partial charge in [-0.2, -0.15) is 0 Å². The van der Waals surface area contributed by atoms with Crippen LogP contribution >= 0.6 is 0 Å². The van der Waals surface area contributed by atoms with Gasteiger partial charge in [0.05, 0.1) is 5.92 Å². The first-order chi connectivity index (χ1) is 5.18. The lowest BCUT2D eigenvalue weighted by atomic mass is 10.1. The van der Waals surface area contributed by atoms with Gasteiger partial charge in [-0.15, -0.1) is 0 Å². The van der Waals surface area contributed by atoms with Crippen molar-refractivity contribution in [1.82, 2.24) is 0 Å². The van der Waals surface area contributed by atoms with E-state index in [9.17, 15) is 4.79 Å². The molecule has 0 rings (SSSR count). The molecule has 0 aliphatic rings. The van der Waals surface area contributed by atoms with E-state index in [1.807, 2.05) is 31.2 Å². The molecule has 0 bridgehead atoms. The van der Waals surface area contributed by atoms with E-state index in [4.69, 9.17) is 5.11 Å². The third-order valence-electron chi connectivity index (χ3n) is 1.35. The molecule has 2 heteroatoms. The van der Waals surface area contributed by atoms with E-state index in [1.54, 1.807) is 6.92 Å². The molecule has 2 nitrogen and oxygen atoms in total. The number of carboxylic acids is 1. The van der Waals surface area contributed by atoms with Crippen molar-refractivity contribution in [3.05, 3.63) is 24.3 Å². The summed E-state index contributed by atoms with van der Waals surface area (Å²) in [5.41, 5.74) is 0. The summed E-state index contributed by atoms with van der Waals surface area (Å²) in [4.78, 5) is 10.3. The van der Waals surface area contributed by atoms with Gasteiger partial charge in [-0.25, -0.2) is 0 Å². The first-order valence-electron chi connectivity index (χ1n) is 3.69. The lowest BCUT2D eigenvalue weighted by molar-refractivity contribution is -0.140. The number of carbonyl (C=O) groups is 1. The second kappa shape index (κ2) is 5.71. The van der Waals surface area contributed by atoms with Gasteiger partial charge < -0.3 is 5.11 Å². The van der Waals surface area contributed by atoms with E-state index in [0.29, 0.717) is 6.42 Å². The van der Waals surface area contributed by atoms with Crippen molar-refractivity contribution < 1.29 is 9.90 Å². The summed E-state index contributed by atoms with van der Waals surface area (Å²) < 4.78 is 0. The maximum Gasteiger partial charge on any atom is 0.306 e. The van der Waals surface area contributed by atoms with Crippen LogP contribution in [-0.4, -0.2) is 11.1 Å². The highest BCUT2D eigenvalue weighted by molar-refractivity contribution is 5.69. The molecule has 0 aromatic carbocycles. The Kier molecular flexibility index (Phi) is 5.17. The van der Waals surface area contributed by atoms with E-state index in [2.05, 4.69) is 0 Å². The smallest absolute Gasteiger partial charge is 0.306 e. The van der Waals surface area contributed by atoms with E-state index in [1.165, 1.54) is 0 Å². The minimum atomic E-state index is -0.741. The molecule has 0 fully saturated rings. The van der Waals surface area contributed by atoms with Crippen molar-refractivity contribution in [2.75, 3.05) is 0 Å². The van der Waals surface area contributed by atoms with Gasteiger partial charge >= 0.3 is 5.97 Å². The quantitative estimate of drug-likeness (QED) is 0.630. The number of hydrogen-bond donors (Lipinski definition) is 1. The van der Waals surface area contributed by atoms with Crippen molar-refractivity contribution in [3.63, 3.8) is 0 Å². The first kappa shape index (κ1) is 9.95. The zero-order valence-electron chi connectivity index (χ0n) is 6.95. The summed E-state index contributed by atoms with van der Waals surface area (Å²) in [5.74, 6) is -1.02. The maximum atomic E-state index is 10.3. The second-order valence-electron chi connectivity index (χ2n) is 2.43. The van der Waals surface area contributed by atoms with Crippen LogP contribution in [0.1, 0.15) is 20.3 Å². The Hall–Kier alpha value is -1.05. The Labute approximate surface area is 67.2 Å². The molecule has 1 atom stereocenters. The fraction of sp³-hybridized carbons (Fsp3) is 0.444. The van der Waals surface area contributed by atoms with Crippen LogP contribution in [0.15, 0.2) is 24.3 Å². The minimum absolute atomic E-state index is 0.281. The van der Waals surface area contributed by atoms with E-state index in [-0.39, 0.29) is 5.92 Å². The lowest BCUT2D eigenvalue weighted by Crippen LogP contribution is -2.07. The number of aliphatic carboxylic acids is 1. The van der Waals surface area contributed by atoms with Gasteiger partial charge in [0.1, 0.15) is 0 Å². The highest BCUT2D eigenvalue weighted by Gasteiger charge is 2.06. The third kappa shape index (κ3) is 5.40. The average molecular weight is 154 g/mol. The number of rotatable bonds is 4. The fourth-order valence-electron chi connectivity index (χ4n) is 0.573. The number of hydrogen-bond acceptors (Lipinski definition) is 1. The lowest BCUT2D eigenvalue weighted by Gasteiger charge is -1.98. The summed E-state index contributed by atoms with van der Waals surface area (Å²) in [7, 11) is 0. The van der Waals surface area contributed by atoms with Gasteiger partial charge in [-0.1, -0.05) is 31.2 Å². The van der Waals surface area contributed by atoms with Crippen LogP contribution in [0.3, 0.4) is 0 Å². The third-order valence-corrected chi connectivity index (χ3v) is 1.35. The minimum Gasteiger partial charge on any atom is -0.481 e. The zero-order valence-corrected chi connectivity index (χ0v) is 6.95. The fourth-order valence-corrected chi connectivity index (χ4v) is 0.573. The summed E-state index contributed by atoms with van der Waals surface area (Å²) >= 11 is 0. The molecule has 0 saturated carbocycles. The van der Waals surface area contributed by atoms with Crippen LogP contribution in [0.2, 0.25) is 0 Å². The predicted octanol–water partition coefficient (Wildman–Crippen LogP) is 2.23. The molecule has 0 aliphatic heterocycles. The van der Waals surface area contributed by atoms with E-state index < -0.39 is 5.97 Å². The molecule has 0 aliphatic carbocycles. The second-order valence-corrected chi connectivity index (χ2v) is 2.43. The Bertz CT molecular complexity index is 168. The first-order valence-corrected chi connectivity index (χ1v) is 3.69. The topological polar surface area (TPSA) is 37.3 Å². The molecule has 1 unspecified atom stereocenters. The predicted molar refractivity (Wildman–Crippen MR) is 45.4 cm³/mol. The van der Waals surface area contributed by atoms with Gasteiger partial charge in [0.15, 0.2) is 0 Å². The molecule has 11 heavy (non-hydrogen) atoms. The standard InChI is InChI=1S/C9H14O2/c1-3-4-5-6-7-8(2)9(10)11/h3-6,8H,7H2,1-2H3,(H,10,11). The maximum absolute atomic E-state index is 10.3. The van der Waals surface area contributed by atoms with Gasteiger partial charge in [-0.3, -0.25) is 4.79 Å². The van der Waals surface area contributed by atoms with Gasteiger partial charge in [-0.05, 0) is 13.3 Å². The monoisotopic (exact) mass is 154 g/mol. The summed E-state index contributed by atoms with van der Waals surface area (Å²) in [6.45, 7) is 3.62. The molecule has 0 aromatic rings. The average Bonchev–Trinajstić information content (AvgIpc) is 1.97. The van der Waals surface area contributed by atoms with Crippen LogP contribution in [0.25, 0.3) is 0 Å². The van der Waals surface area contributed by atoms with Gasteiger partial charge in [0.25, 0.3) is 0 Å². The molecule has 0 amide bonds. The molecule has 0 spiro atoms. The Morgan fingerprint density at radius 1 is 1.55 bits per heavy atom. The van der Waals surface area contributed by atoms with Crippen molar-refractivity contribution in [2.45, 2.75) is 20.3 Å². The summed E-state index contributed by atoms with van der Waals surface area (Å²) in [6.07, 6.45) is 8.11. The SMILES string of the molecule is CC=CC=CCC(C)C(=O)O. The molecule has 0 saturated heterocycles. The molecule has 0 radical (unpaired) electrons. The molecular formula is C9H14O2. The summed E-state index contributed by atoms with van der Waals surface area (Å²) in [5, 5.41) is 8.49. The normalized spacial score (nSPS) is 14.4. The highest BCUT2D eigenvalue weighted by Crippen LogP contribution is 2.01. The van der Waals surface area contributed by atoms with Crippen LogP contribution < -0.4 is 0 Å². The Balaban J connectivity index is 3.61. The van der Waals surface area contributed by atoms with Crippen LogP contribution in [0, 0.1) is 5.92 Å². The largest absolute Gasteiger partial charge is 0.481 e. The molecule has 62 valence electrons. The van der Waals surface area contributed by atoms with Crippen molar-refractivity contribution in [3.8, 4) is 0 Å². The van der Waals surface area contributed by atoms with E-state index >= 15 is 0 Å². The zero-order chi connectivity index (χ0) is 8.69. The van der Waals surface area contributed by atoms with Gasteiger partial charge in [0, 0.05) is 0 Å². The van der Waals surface area contributed by atoms with Crippen LogP contribution in [-0.2, 0) is 4.79 Å².